The first-order valence-corrected chi connectivity index (χ1v) is 7.95. The van der Waals surface area contributed by atoms with Crippen LogP contribution in [-0.2, 0) is 4.74 Å². The van der Waals surface area contributed by atoms with Crippen molar-refractivity contribution >= 4 is 37.6 Å². The number of ether oxygens (including phenoxy) is 1. The van der Waals surface area contributed by atoms with Crippen LogP contribution in [-0.4, -0.2) is 28.0 Å². The molecule has 0 aliphatic rings. The highest BCUT2D eigenvalue weighted by molar-refractivity contribution is 7.25. The van der Waals surface area contributed by atoms with E-state index >= 15 is 0 Å². The lowest BCUT2D eigenvalue weighted by molar-refractivity contribution is 0.0600. The van der Waals surface area contributed by atoms with Crippen LogP contribution in [0.15, 0.2) is 47.4 Å². The molecule has 1 N–H and O–H groups in total. The number of esters is 1. The summed E-state index contributed by atoms with van der Waals surface area (Å²) in [5.41, 5.74) is 0.536. The SMILES string of the molecule is COC(=O)c1ccnc(-c2nc3sc4ccccc4c3c(=O)[nH]2)c1. The van der Waals surface area contributed by atoms with Crippen LogP contribution in [0.25, 0.3) is 31.8 Å². The largest absolute Gasteiger partial charge is 0.465 e. The van der Waals surface area contributed by atoms with E-state index in [0.29, 0.717) is 27.3 Å². The molecule has 0 bridgehead atoms. The van der Waals surface area contributed by atoms with Crippen molar-refractivity contribution in [2.45, 2.75) is 0 Å². The van der Waals surface area contributed by atoms with E-state index in [1.165, 1.54) is 24.6 Å². The van der Waals surface area contributed by atoms with Crippen LogP contribution in [0.2, 0.25) is 0 Å². The summed E-state index contributed by atoms with van der Waals surface area (Å²) < 4.78 is 5.70. The van der Waals surface area contributed by atoms with Gasteiger partial charge in [0.05, 0.1) is 18.1 Å². The van der Waals surface area contributed by atoms with Gasteiger partial charge >= 0.3 is 5.97 Å². The number of carbonyl (C=O) groups is 1. The van der Waals surface area contributed by atoms with Crippen molar-refractivity contribution < 1.29 is 9.53 Å². The second-order valence-corrected chi connectivity index (χ2v) is 6.14. The standard InChI is InChI=1S/C17H11N3O3S/c1-23-17(22)9-6-7-18-11(8-9)14-19-15(21)13-10-4-2-3-5-12(10)24-16(13)20-14/h2-8H,1H3,(H,19,20,21). The number of H-pyrrole nitrogens is 1. The second-order valence-electron chi connectivity index (χ2n) is 5.11. The van der Waals surface area contributed by atoms with Crippen LogP contribution in [0.5, 0.6) is 0 Å². The fourth-order valence-corrected chi connectivity index (χ4v) is 3.63. The molecule has 6 nitrogen and oxygen atoms in total. The van der Waals surface area contributed by atoms with Gasteiger partial charge in [-0.1, -0.05) is 18.2 Å². The van der Waals surface area contributed by atoms with Gasteiger partial charge in [-0.15, -0.1) is 11.3 Å². The highest BCUT2D eigenvalue weighted by Crippen LogP contribution is 2.30. The average Bonchev–Trinajstić information content (AvgIpc) is 3.00. The molecule has 0 unspecified atom stereocenters. The average molecular weight is 337 g/mol. The summed E-state index contributed by atoms with van der Waals surface area (Å²) in [6.07, 6.45) is 1.48. The molecular formula is C17H11N3O3S. The van der Waals surface area contributed by atoms with E-state index in [1.807, 2.05) is 24.3 Å². The van der Waals surface area contributed by atoms with Gasteiger partial charge in [0.15, 0.2) is 5.82 Å². The quantitative estimate of drug-likeness (QED) is 0.568. The van der Waals surface area contributed by atoms with Gasteiger partial charge in [0, 0.05) is 16.3 Å². The number of carbonyl (C=O) groups excluding carboxylic acids is 1. The Hall–Kier alpha value is -3.06. The number of thiophene rings is 1. The Kier molecular flexibility index (Phi) is 3.35. The number of hydrogen-bond acceptors (Lipinski definition) is 6. The summed E-state index contributed by atoms with van der Waals surface area (Å²) in [5.74, 6) is -0.145. The third-order valence-electron chi connectivity index (χ3n) is 3.67. The highest BCUT2D eigenvalue weighted by atomic mass is 32.1. The number of aromatic amines is 1. The van der Waals surface area contributed by atoms with Crippen molar-refractivity contribution in [3.05, 3.63) is 58.5 Å². The lowest BCUT2D eigenvalue weighted by Crippen LogP contribution is -2.09. The summed E-state index contributed by atoms with van der Waals surface area (Å²) in [6, 6.07) is 10.8. The molecule has 0 amide bonds. The molecule has 0 saturated carbocycles. The maximum atomic E-state index is 12.5. The van der Waals surface area contributed by atoms with Crippen LogP contribution in [0.4, 0.5) is 0 Å². The number of benzene rings is 1. The van der Waals surface area contributed by atoms with E-state index in [0.717, 1.165) is 10.1 Å². The van der Waals surface area contributed by atoms with Crippen LogP contribution in [0.1, 0.15) is 10.4 Å². The second kappa shape index (κ2) is 5.54. The van der Waals surface area contributed by atoms with E-state index in [1.54, 1.807) is 12.1 Å². The lowest BCUT2D eigenvalue weighted by atomic mass is 10.2. The van der Waals surface area contributed by atoms with Crippen LogP contribution >= 0.6 is 11.3 Å². The molecule has 0 saturated heterocycles. The van der Waals surface area contributed by atoms with Crippen molar-refractivity contribution in [2.24, 2.45) is 0 Å². The monoisotopic (exact) mass is 337 g/mol. The number of nitrogens with zero attached hydrogens (tertiary/aromatic N) is 2. The fraction of sp³-hybridized carbons (Fsp3) is 0.0588. The van der Waals surface area contributed by atoms with E-state index < -0.39 is 5.97 Å². The minimum atomic E-state index is -0.469. The molecule has 4 rings (SSSR count). The molecule has 1 aromatic carbocycles. The molecule has 118 valence electrons. The molecule has 4 aromatic rings. The molecule has 7 heteroatoms. The number of hydrogen-bond donors (Lipinski definition) is 1. The van der Waals surface area contributed by atoms with Crippen molar-refractivity contribution in [1.29, 1.82) is 0 Å². The number of aromatic nitrogens is 3. The summed E-state index contributed by atoms with van der Waals surface area (Å²) in [6.45, 7) is 0. The molecule has 3 aromatic heterocycles. The van der Waals surface area contributed by atoms with Crippen molar-refractivity contribution in [2.75, 3.05) is 7.11 Å². The topological polar surface area (TPSA) is 84.9 Å². The first-order chi connectivity index (χ1) is 11.7. The zero-order valence-electron chi connectivity index (χ0n) is 12.6. The minimum Gasteiger partial charge on any atom is -0.465 e. The van der Waals surface area contributed by atoms with Crippen LogP contribution in [0.3, 0.4) is 0 Å². The summed E-state index contributed by atoms with van der Waals surface area (Å²) in [5, 5.41) is 1.46. The Morgan fingerprint density at radius 1 is 1.25 bits per heavy atom. The Bertz CT molecular complexity index is 1150. The molecule has 0 aliphatic heterocycles. The van der Waals surface area contributed by atoms with Gasteiger partial charge in [-0.25, -0.2) is 9.78 Å². The maximum absolute atomic E-state index is 12.5. The van der Waals surface area contributed by atoms with Crippen LogP contribution in [0, 0.1) is 0 Å². The lowest BCUT2D eigenvalue weighted by Gasteiger charge is -2.03. The zero-order valence-corrected chi connectivity index (χ0v) is 13.4. The molecule has 0 radical (unpaired) electrons. The van der Waals surface area contributed by atoms with Gasteiger partial charge in [-0.3, -0.25) is 9.78 Å². The highest BCUT2D eigenvalue weighted by Gasteiger charge is 2.14. The predicted octanol–water partition coefficient (Wildman–Crippen LogP) is 2.99. The number of rotatable bonds is 2. The van der Waals surface area contributed by atoms with E-state index in [9.17, 15) is 9.59 Å². The molecule has 24 heavy (non-hydrogen) atoms. The van der Waals surface area contributed by atoms with Gasteiger partial charge < -0.3 is 9.72 Å². The number of nitrogens with one attached hydrogen (secondary N) is 1. The number of pyridine rings is 1. The molecule has 0 atom stereocenters. The van der Waals surface area contributed by atoms with Gasteiger partial charge in [-0.05, 0) is 18.2 Å². The van der Waals surface area contributed by atoms with Gasteiger partial charge in [0.2, 0.25) is 0 Å². The number of fused-ring (bicyclic) bond motifs is 3. The predicted molar refractivity (Wildman–Crippen MR) is 92.3 cm³/mol. The Morgan fingerprint density at radius 2 is 2.08 bits per heavy atom. The molecule has 0 aliphatic carbocycles. The van der Waals surface area contributed by atoms with E-state index in [2.05, 4.69) is 15.0 Å². The Labute approximate surface area is 139 Å². The molecule has 0 spiro atoms. The van der Waals surface area contributed by atoms with E-state index in [4.69, 9.17) is 4.74 Å². The van der Waals surface area contributed by atoms with E-state index in [-0.39, 0.29) is 5.56 Å². The smallest absolute Gasteiger partial charge is 0.337 e. The summed E-state index contributed by atoms with van der Waals surface area (Å²) >= 11 is 1.45. The minimum absolute atomic E-state index is 0.224. The first-order valence-electron chi connectivity index (χ1n) is 7.13. The first kappa shape index (κ1) is 14.5. The fourth-order valence-electron chi connectivity index (χ4n) is 2.56. The summed E-state index contributed by atoms with van der Waals surface area (Å²) in [7, 11) is 1.31. The normalized spacial score (nSPS) is 11.0. The third-order valence-corrected chi connectivity index (χ3v) is 4.74. The van der Waals surface area contributed by atoms with Gasteiger partial charge in [0.25, 0.3) is 5.56 Å². The van der Waals surface area contributed by atoms with Crippen molar-refractivity contribution in [3.8, 4) is 11.5 Å². The van der Waals surface area contributed by atoms with Crippen molar-refractivity contribution in [1.82, 2.24) is 15.0 Å². The van der Waals surface area contributed by atoms with Crippen LogP contribution < -0.4 is 5.56 Å². The van der Waals surface area contributed by atoms with Crippen molar-refractivity contribution in [3.63, 3.8) is 0 Å². The Balaban J connectivity index is 1.94. The maximum Gasteiger partial charge on any atom is 0.337 e. The molecule has 3 heterocycles. The summed E-state index contributed by atoms with van der Waals surface area (Å²) in [4.78, 5) is 36.3. The zero-order chi connectivity index (χ0) is 16.7. The molecular weight excluding hydrogens is 326 g/mol. The van der Waals surface area contributed by atoms with Gasteiger partial charge in [-0.2, -0.15) is 0 Å². The molecule has 0 fully saturated rings. The van der Waals surface area contributed by atoms with Gasteiger partial charge in [0.1, 0.15) is 10.5 Å². The third kappa shape index (κ3) is 2.26. The number of methoxy groups -OCH3 is 1. The Morgan fingerprint density at radius 3 is 2.92 bits per heavy atom.